The van der Waals surface area contributed by atoms with Gasteiger partial charge in [0.05, 0.1) is 24.8 Å². The number of fused-ring (bicyclic) bond motifs is 1. The molecule has 1 amide bonds. The summed E-state index contributed by atoms with van der Waals surface area (Å²) in [4.78, 5) is 28.6. The molecule has 0 radical (unpaired) electrons. The predicted octanol–water partition coefficient (Wildman–Crippen LogP) is 6.57. The number of aliphatic hydroxyl groups excluding tert-OH is 1. The van der Waals surface area contributed by atoms with Crippen LogP contribution in [0.5, 0.6) is 11.5 Å². The molecule has 1 heterocycles. The largest absolute Gasteiger partial charge is 0.507 e. The lowest BCUT2D eigenvalue weighted by molar-refractivity contribution is -0.132. The molecule has 4 aromatic carbocycles. The average molecular weight is 508 g/mol. The van der Waals surface area contributed by atoms with Crippen LogP contribution in [0, 0.1) is 6.92 Å². The van der Waals surface area contributed by atoms with E-state index in [0.717, 1.165) is 21.9 Å². The van der Waals surface area contributed by atoms with Crippen LogP contribution in [-0.4, -0.2) is 30.0 Å². The monoisotopic (exact) mass is 507 g/mol. The SMILES string of the molecule is COc1ccc(N2C(=O)C(=O)/C(=C(\O)c3ccc(OC(C)C)c(C)c3)C2c2cccc3ccccc23)cc1. The summed E-state index contributed by atoms with van der Waals surface area (Å²) in [5.41, 5.74) is 2.57. The number of methoxy groups -OCH3 is 1. The predicted molar refractivity (Wildman–Crippen MR) is 149 cm³/mol. The number of carbonyl (C=O) groups is 2. The van der Waals surface area contributed by atoms with E-state index in [9.17, 15) is 14.7 Å². The van der Waals surface area contributed by atoms with E-state index >= 15 is 0 Å². The van der Waals surface area contributed by atoms with E-state index in [0.29, 0.717) is 22.7 Å². The van der Waals surface area contributed by atoms with Crippen molar-refractivity contribution >= 4 is 33.9 Å². The Kier molecular flexibility index (Phi) is 6.64. The maximum atomic E-state index is 13.6. The van der Waals surface area contributed by atoms with Crippen LogP contribution in [0.2, 0.25) is 0 Å². The molecule has 6 heteroatoms. The van der Waals surface area contributed by atoms with Gasteiger partial charge in [-0.05, 0) is 85.1 Å². The molecule has 0 spiro atoms. The lowest BCUT2D eigenvalue weighted by Gasteiger charge is -2.26. The number of carbonyl (C=O) groups excluding carboxylic acids is 2. The van der Waals surface area contributed by atoms with Crippen molar-refractivity contribution in [2.45, 2.75) is 32.9 Å². The fourth-order valence-electron chi connectivity index (χ4n) is 4.96. The molecule has 1 fully saturated rings. The van der Waals surface area contributed by atoms with Gasteiger partial charge in [-0.1, -0.05) is 42.5 Å². The first-order valence-corrected chi connectivity index (χ1v) is 12.5. The summed E-state index contributed by atoms with van der Waals surface area (Å²) >= 11 is 0. The van der Waals surface area contributed by atoms with Crippen LogP contribution < -0.4 is 14.4 Å². The highest BCUT2D eigenvalue weighted by Crippen LogP contribution is 2.44. The second-order valence-corrected chi connectivity index (χ2v) is 9.58. The van der Waals surface area contributed by atoms with Gasteiger partial charge in [-0.2, -0.15) is 0 Å². The number of ketones is 1. The Bertz CT molecular complexity index is 1560. The maximum Gasteiger partial charge on any atom is 0.300 e. The highest BCUT2D eigenvalue weighted by atomic mass is 16.5. The van der Waals surface area contributed by atoms with Crippen molar-refractivity contribution < 1.29 is 24.2 Å². The number of anilines is 1. The van der Waals surface area contributed by atoms with Crippen LogP contribution in [0.15, 0.2) is 90.5 Å². The second kappa shape index (κ2) is 10.1. The molecule has 0 bridgehead atoms. The summed E-state index contributed by atoms with van der Waals surface area (Å²) in [5.74, 6) is -0.342. The lowest BCUT2D eigenvalue weighted by atomic mass is 9.91. The van der Waals surface area contributed by atoms with Crippen molar-refractivity contribution in [1.82, 2.24) is 0 Å². The van der Waals surface area contributed by atoms with Crippen LogP contribution in [0.3, 0.4) is 0 Å². The molecular weight excluding hydrogens is 478 g/mol. The van der Waals surface area contributed by atoms with Crippen LogP contribution in [0.4, 0.5) is 5.69 Å². The zero-order chi connectivity index (χ0) is 27.0. The summed E-state index contributed by atoms with van der Waals surface area (Å²) < 4.78 is 11.1. The van der Waals surface area contributed by atoms with E-state index in [1.807, 2.05) is 63.2 Å². The van der Waals surface area contributed by atoms with Gasteiger partial charge in [0.25, 0.3) is 11.7 Å². The quantitative estimate of drug-likeness (QED) is 0.181. The van der Waals surface area contributed by atoms with Gasteiger partial charge in [0.15, 0.2) is 0 Å². The topological polar surface area (TPSA) is 76.1 Å². The molecule has 1 aliphatic rings. The van der Waals surface area contributed by atoms with Gasteiger partial charge in [-0.3, -0.25) is 14.5 Å². The molecule has 4 aromatic rings. The molecular formula is C32H29NO5. The van der Waals surface area contributed by atoms with Gasteiger partial charge < -0.3 is 14.6 Å². The zero-order valence-electron chi connectivity index (χ0n) is 21.8. The summed E-state index contributed by atoms with van der Waals surface area (Å²) in [5, 5.41) is 13.4. The summed E-state index contributed by atoms with van der Waals surface area (Å²) in [6.07, 6.45) is -0.00525. The molecule has 1 unspecified atom stereocenters. The second-order valence-electron chi connectivity index (χ2n) is 9.58. The van der Waals surface area contributed by atoms with Crippen LogP contribution in [0.25, 0.3) is 16.5 Å². The van der Waals surface area contributed by atoms with E-state index in [2.05, 4.69) is 0 Å². The van der Waals surface area contributed by atoms with E-state index in [1.54, 1.807) is 49.6 Å². The Balaban J connectivity index is 1.73. The minimum atomic E-state index is -0.832. The smallest absolute Gasteiger partial charge is 0.300 e. The van der Waals surface area contributed by atoms with Gasteiger partial charge >= 0.3 is 0 Å². The highest BCUT2D eigenvalue weighted by Gasteiger charge is 2.47. The Morgan fingerprint density at radius 3 is 2.32 bits per heavy atom. The molecule has 1 saturated heterocycles. The Labute approximate surface area is 221 Å². The van der Waals surface area contributed by atoms with Gasteiger partial charge in [-0.25, -0.2) is 0 Å². The zero-order valence-corrected chi connectivity index (χ0v) is 21.8. The van der Waals surface area contributed by atoms with Crippen molar-refractivity contribution in [3.8, 4) is 11.5 Å². The van der Waals surface area contributed by atoms with Crippen molar-refractivity contribution in [2.24, 2.45) is 0 Å². The molecule has 0 aliphatic carbocycles. The normalized spacial score (nSPS) is 16.9. The number of aryl methyl sites for hydroxylation is 1. The van der Waals surface area contributed by atoms with E-state index < -0.39 is 17.7 Å². The molecule has 0 saturated carbocycles. The van der Waals surface area contributed by atoms with Crippen molar-refractivity contribution in [3.05, 3.63) is 107 Å². The van der Waals surface area contributed by atoms with E-state index in [1.165, 1.54) is 4.90 Å². The fourth-order valence-corrected chi connectivity index (χ4v) is 4.96. The molecule has 0 aromatic heterocycles. The van der Waals surface area contributed by atoms with Crippen molar-refractivity contribution in [2.75, 3.05) is 12.0 Å². The fraction of sp³-hybridized carbons (Fsp3) is 0.188. The summed E-state index contributed by atoms with van der Waals surface area (Å²) in [6, 6.07) is 25.0. The molecule has 192 valence electrons. The number of hydrogen-bond donors (Lipinski definition) is 1. The molecule has 1 atom stereocenters. The number of hydrogen-bond acceptors (Lipinski definition) is 5. The van der Waals surface area contributed by atoms with Gasteiger partial charge in [0.2, 0.25) is 0 Å². The molecule has 5 rings (SSSR count). The van der Waals surface area contributed by atoms with E-state index in [-0.39, 0.29) is 17.4 Å². The first kappa shape index (κ1) is 25.1. The maximum absolute atomic E-state index is 13.6. The molecule has 1 N–H and O–H groups in total. The Hall–Kier alpha value is -4.58. The minimum absolute atomic E-state index is 0.00525. The Morgan fingerprint density at radius 1 is 0.921 bits per heavy atom. The standard InChI is InChI=1S/C32H29NO5/c1-19(2)38-27-17-12-22(18-20(27)3)30(34)28-29(26-11-7-9-21-8-5-6-10-25(21)26)33(32(36)31(28)35)23-13-15-24(37-4)16-14-23/h5-19,29,34H,1-4H3/b30-28-. The average Bonchev–Trinajstić information content (AvgIpc) is 3.18. The number of amides is 1. The first-order valence-electron chi connectivity index (χ1n) is 12.5. The number of rotatable bonds is 6. The number of aliphatic hydroxyl groups is 1. The first-order chi connectivity index (χ1) is 18.3. The van der Waals surface area contributed by atoms with Gasteiger partial charge in [0.1, 0.15) is 17.3 Å². The lowest BCUT2D eigenvalue weighted by Crippen LogP contribution is -2.29. The third-order valence-corrected chi connectivity index (χ3v) is 6.72. The molecule has 6 nitrogen and oxygen atoms in total. The minimum Gasteiger partial charge on any atom is -0.507 e. The number of benzene rings is 4. The summed E-state index contributed by atoms with van der Waals surface area (Å²) in [6.45, 7) is 5.77. The molecule has 1 aliphatic heterocycles. The van der Waals surface area contributed by atoms with Crippen molar-refractivity contribution in [3.63, 3.8) is 0 Å². The summed E-state index contributed by atoms with van der Waals surface area (Å²) in [7, 11) is 1.57. The van der Waals surface area contributed by atoms with Crippen LogP contribution >= 0.6 is 0 Å². The third-order valence-electron chi connectivity index (χ3n) is 6.72. The van der Waals surface area contributed by atoms with Gasteiger partial charge in [-0.15, -0.1) is 0 Å². The van der Waals surface area contributed by atoms with Gasteiger partial charge in [0, 0.05) is 11.3 Å². The number of nitrogens with zero attached hydrogens (tertiary/aromatic N) is 1. The van der Waals surface area contributed by atoms with Crippen LogP contribution in [-0.2, 0) is 9.59 Å². The van der Waals surface area contributed by atoms with Crippen molar-refractivity contribution in [1.29, 1.82) is 0 Å². The van der Waals surface area contributed by atoms with E-state index in [4.69, 9.17) is 9.47 Å². The third kappa shape index (κ3) is 4.39. The Morgan fingerprint density at radius 2 is 1.63 bits per heavy atom. The highest BCUT2D eigenvalue weighted by molar-refractivity contribution is 6.51. The number of Topliss-reactive ketones (excluding diaryl/α,β-unsaturated/α-hetero) is 1. The van der Waals surface area contributed by atoms with Crippen LogP contribution in [0.1, 0.15) is 36.6 Å². The molecule has 38 heavy (non-hydrogen) atoms. The number of ether oxygens (including phenoxy) is 2.